The molecule has 0 amide bonds. The van der Waals surface area contributed by atoms with Gasteiger partial charge in [-0.3, -0.25) is 9.97 Å². The Bertz CT molecular complexity index is 954. The fourth-order valence-electron chi connectivity index (χ4n) is 2.49. The fourth-order valence-corrected chi connectivity index (χ4v) is 3.08. The van der Waals surface area contributed by atoms with Crippen LogP contribution < -0.4 is 0 Å². The smallest absolute Gasteiger partial charge is 0.112 e. The van der Waals surface area contributed by atoms with Crippen LogP contribution in [0.15, 0.2) is 61.2 Å². The molecular formula is C20H14N4S. The average Bonchev–Trinajstić information content (AvgIpc) is 3.17. The summed E-state index contributed by atoms with van der Waals surface area (Å²) in [7, 11) is 0. The van der Waals surface area contributed by atoms with Crippen molar-refractivity contribution in [2.24, 2.45) is 0 Å². The summed E-state index contributed by atoms with van der Waals surface area (Å²) in [5, 5.41) is 0. The highest BCUT2D eigenvalue weighted by Gasteiger charge is 2.07. The van der Waals surface area contributed by atoms with Gasteiger partial charge in [-0.2, -0.15) is 8.75 Å². The van der Waals surface area contributed by atoms with E-state index in [-0.39, 0.29) is 0 Å². The minimum absolute atomic E-state index is 0.915. The lowest BCUT2D eigenvalue weighted by Crippen LogP contribution is -1.83. The molecule has 0 N–H and O–H groups in total. The third-order valence-corrected chi connectivity index (χ3v) is 4.29. The molecule has 0 aliphatic carbocycles. The second-order valence-electron chi connectivity index (χ2n) is 5.44. The van der Waals surface area contributed by atoms with Crippen molar-refractivity contribution in [2.75, 3.05) is 0 Å². The summed E-state index contributed by atoms with van der Waals surface area (Å²) >= 11 is 1.23. The van der Waals surface area contributed by atoms with Crippen LogP contribution in [-0.4, -0.2) is 18.7 Å². The number of hydrogen-bond donors (Lipinski definition) is 0. The summed E-state index contributed by atoms with van der Waals surface area (Å²) in [5.74, 6) is 0. The zero-order valence-corrected chi connectivity index (χ0v) is 14.1. The van der Waals surface area contributed by atoms with Crippen molar-refractivity contribution in [3.05, 3.63) is 83.4 Å². The summed E-state index contributed by atoms with van der Waals surface area (Å²) in [5.41, 5.74) is 6.04. The van der Waals surface area contributed by atoms with Gasteiger partial charge in [-0.25, -0.2) is 0 Å². The van der Waals surface area contributed by atoms with Crippen LogP contribution in [0.25, 0.3) is 35.3 Å². The molecule has 0 radical (unpaired) electrons. The van der Waals surface area contributed by atoms with Gasteiger partial charge in [-0.05, 0) is 23.3 Å². The number of aromatic nitrogens is 4. The SMILES string of the molecule is C(=C\c1ccc(/C=C/c2cccnc2)c2nsnc12)/c1cccnc1. The zero-order valence-electron chi connectivity index (χ0n) is 13.3. The van der Waals surface area contributed by atoms with Crippen LogP contribution in [0.3, 0.4) is 0 Å². The molecule has 0 aliphatic heterocycles. The molecule has 0 saturated carbocycles. The van der Waals surface area contributed by atoms with E-state index in [1.165, 1.54) is 11.7 Å². The van der Waals surface area contributed by atoms with Crippen molar-refractivity contribution >= 4 is 47.1 Å². The molecule has 3 aromatic heterocycles. The van der Waals surface area contributed by atoms with Gasteiger partial charge < -0.3 is 0 Å². The third-order valence-electron chi connectivity index (χ3n) is 3.76. The third kappa shape index (κ3) is 3.51. The predicted octanol–water partition coefficient (Wildman–Crippen LogP) is 4.82. The second-order valence-corrected chi connectivity index (χ2v) is 5.97. The van der Waals surface area contributed by atoms with Gasteiger partial charge in [0.2, 0.25) is 0 Å². The van der Waals surface area contributed by atoms with Crippen molar-refractivity contribution in [2.45, 2.75) is 0 Å². The van der Waals surface area contributed by atoms with E-state index in [2.05, 4.69) is 43.0 Å². The lowest BCUT2D eigenvalue weighted by Gasteiger charge is -2.00. The molecule has 3 heterocycles. The molecule has 0 atom stereocenters. The highest BCUT2D eigenvalue weighted by atomic mass is 32.1. The van der Waals surface area contributed by atoms with Gasteiger partial charge >= 0.3 is 0 Å². The number of pyridine rings is 2. The van der Waals surface area contributed by atoms with Gasteiger partial charge in [0.25, 0.3) is 0 Å². The second kappa shape index (κ2) is 7.15. The molecule has 0 unspecified atom stereocenters. The fraction of sp³-hybridized carbons (Fsp3) is 0. The molecule has 0 bridgehead atoms. The molecule has 1 aromatic carbocycles. The van der Waals surface area contributed by atoms with Crippen molar-refractivity contribution < 1.29 is 0 Å². The predicted molar refractivity (Wildman–Crippen MR) is 104 cm³/mol. The molecule has 0 aliphatic rings. The highest BCUT2D eigenvalue weighted by Crippen LogP contribution is 2.24. The van der Waals surface area contributed by atoms with Crippen molar-refractivity contribution in [1.82, 2.24) is 18.7 Å². The molecule has 4 nitrogen and oxygen atoms in total. The Morgan fingerprint density at radius 1 is 0.640 bits per heavy atom. The van der Waals surface area contributed by atoms with Gasteiger partial charge in [0.05, 0.1) is 11.7 Å². The molecular weight excluding hydrogens is 328 g/mol. The van der Waals surface area contributed by atoms with Gasteiger partial charge in [0, 0.05) is 35.9 Å². The van der Waals surface area contributed by atoms with E-state index in [1.807, 2.05) is 48.8 Å². The maximum atomic E-state index is 4.46. The van der Waals surface area contributed by atoms with Gasteiger partial charge in [-0.1, -0.05) is 48.6 Å². The van der Waals surface area contributed by atoms with Crippen molar-refractivity contribution in [3.63, 3.8) is 0 Å². The van der Waals surface area contributed by atoms with Crippen LogP contribution in [0.5, 0.6) is 0 Å². The number of rotatable bonds is 4. The first-order valence-corrected chi connectivity index (χ1v) is 8.55. The van der Waals surface area contributed by atoms with E-state index in [1.54, 1.807) is 12.4 Å². The first-order valence-electron chi connectivity index (χ1n) is 7.82. The first-order chi connectivity index (χ1) is 12.4. The average molecular weight is 342 g/mol. The standard InChI is InChI=1S/C20H14N4S/c1-3-15(13-21-11-1)5-7-17-9-10-18(20-19(17)23-25-24-20)8-6-16-4-2-12-22-14-16/h1-14H/b7-5+,8-6+. The van der Waals surface area contributed by atoms with Crippen molar-refractivity contribution in [1.29, 1.82) is 0 Å². The van der Waals surface area contributed by atoms with Gasteiger partial charge in [-0.15, -0.1) is 0 Å². The van der Waals surface area contributed by atoms with Crippen LogP contribution in [-0.2, 0) is 0 Å². The molecule has 5 heteroatoms. The molecule has 0 fully saturated rings. The Hall–Kier alpha value is -3.18. The topological polar surface area (TPSA) is 51.6 Å². The largest absolute Gasteiger partial charge is 0.264 e. The van der Waals surface area contributed by atoms with E-state index in [4.69, 9.17) is 0 Å². The molecule has 120 valence electrons. The Morgan fingerprint density at radius 2 is 1.16 bits per heavy atom. The molecule has 25 heavy (non-hydrogen) atoms. The first kappa shape index (κ1) is 15.4. The molecule has 4 rings (SSSR count). The molecule has 4 aromatic rings. The zero-order chi connectivity index (χ0) is 16.9. The Balaban J connectivity index is 1.67. The molecule has 0 saturated heterocycles. The summed E-state index contributed by atoms with van der Waals surface area (Å²) in [6.07, 6.45) is 15.4. The summed E-state index contributed by atoms with van der Waals surface area (Å²) < 4.78 is 8.93. The van der Waals surface area contributed by atoms with Crippen molar-refractivity contribution in [3.8, 4) is 0 Å². The van der Waals surface area contributed by atoms with E-state index in [0.29, 0.717) is 0 Å². The monoisotopic (exact) mass is 342 g/mol. The number of hydrogen-bond acceptors (Lipinski definition) is 5. The normalized spacial score (nSPS) is 11.7. The van der Waals surface area contributed by atoms with Crippen LogP contribution in [0.2, 0.25) is 0 Å². The lowest BCUT2D eigenvalue weighted by molar-refractivity contribution is 1.32. The van der Waals surface area contributed by atoms with E-state index >= 15 is 0 Å². The summed E-state index contributed by atoms with van der Waals surface area (Å²) in [6.45, 7) is 0. The Kier molecular flexibility index (Phi) is 4.39. The number of fused-ring (bicyclic) bond motifs is 1. The van der Waals surface area contributed by atoms with Gasteiger partial charge in [0.1, 0.15) is 11.0 Å². The van der Waals surface area contributed by atoms with Gasteiger partial charge in [0.15, 0.2) is 0 Å². The minimum Gasteiger partial charge on any atom is -0.264 e. The number of nitrogens with zero attached hydrogens (tertiary/aromatic N) is 4. The molecule has 0 spiro atoms. The number of benzene rings is 1. The van der Waals surface area contributed by atoms with Crippen LogP contribution in [0.1, 0.15) is 22.3 Å². The maximum absolute atomic E-state index is 4.46. The minimum atomic E-state index is 0.915. The highest BCUT2D eigenvalue weighted by molar-refractivity contribution is 7.00. The quantitative estimate of drug-likeness (QED) is 0.533. The van der Waals surface area contributed by atoms with Crippen LogP contribution in [0, 0.1) is 0 Å². The summed E-state index contributed by atoms with van der Waals surface area (Å²) in [4.78, 5) is 8.25. The van der Waals surface area contributed by atoms with E-state index in [9.17, 15) is 0 Å². The Labute approximate surface area is 149 Å². The summed E-state index contributed by atoms with van der Waals surface area (Å²) in [6, 6.07) is 12.0. The van der Waals surface area contributed by atoms with E-state index in [0.717, 1.165) is 33.3 Å². The maximum Gasteiger partial charge on any atom is 0.112 e. The van der Waals surface area contributed by atoms with Crippen LogP contribution in [0.4, 0.5) is 0 Å². The van der Waals surface area contributed by atoms with Crippen LogP contribution >= 0.6 is 11.7 Å². The lowest BCUT2D eigenvalue weighted by atomic mass is 10.1. The van der Waals surface area contributed by atoms with E-state index < -0.39 is 0 Å². The Morgan fingerprint density at radius 3 is 1.60 bits per heavy atom.